The van der Waals surface area contributed by atoms with Gasteiger partial charge in [-0.15, -0.1) is 0 Å². The summed E-state index contributed by atoms with van der Waals surface area (Å²) in [5.41, 5.74) is 1.51. The van der Waals surface area contributed by atoms with Gasteiger partial charge in [0.25, 0.3) is 0 Å². The average molecular weight is 348 g/mol. The SMILES string of the molecule is COc1cccc([C@H](CNC(=S)Nc2ccccc2F)[NH+](C)C)c1. The van der Waals surface area contributed by atoms with Gasteiger partial charge >= 0.3 is 0 Å². The van der Waals surface area contributed by atoms with Crippen molar-refractivity contribution in [3.05, 3.63) is 59.9 Å². The standard InChI is InChI=1S/C18H22FN3OS/c1-22(2)17(13-7-6-8-14(11-13)23-3)12-20-18(24)21-16-10-5-4-9-15(16)19/h4-11,17H,12H2,1-3H3,(H2,20,21,24)/p+1/t17-/m0/s1. The van der Waals surface area contributed by atoms with Crippen LogP contribution in [0.3, 0.4) is 0 Å². The van der Waals surface area contributed by atoms with Crippen LogP contribution in [0.4, 0.5) is 10.1 Å². The van der Waals surface area contributed by atoms with E-state index in [-0.39, 0.29) is 11.9 Å². The third kappa shape index (κ3) is 4.91. The third-order valence-corrected chi connectivity index (χ3v) is 4.03. The van der Waals surface area contributed by atoms with Gasteiger partial charge in [0.05, 0.1) is 33.4 Å². The van der Waals surface area contributed by atoms with Crippen LogP contribution >= 0.6 is 12.2 Å². The second-order valence-electron chi connectivity index (χ2n) is 5.72. The number of rotatable bonds is 6. The predicted molar refractivity (Wildman–Crippen MR) is 99.2 cm³/mol. The number of hydrogen-bond donors (Lipinski definition) is 3. The fourth-order valence-corrected chi connectivity index (χ4v) is 2.63. The van der Waals surface area contributed by atoms with Crippen LogP contribution in [0.15, 0.2) is 48.5 Å². The molecular weight excluding hydrogens is 325 g/mol. The number of ether oxygens (including phenoxy) is 1. The summed E-state index contributed by atoms with van der Waals surface area (Å²) < 4.78 is 19.0. The Balaban J connectivity index is 2.01. The fraction of sp³-hybridized carbons (Fsp3) is 0.278. The first-order chi connectivity index (χ1) is 11.5. The van der Waals surface area contributed by atoms with Crippen molar-refractivity contribution < 1.29 is 14.0 Å². The summed E-state index contributed by atoms with van der Waals surface area (Å²) >= 11 is 5.28. The van der Waals surface area contributed by atoms with E-state index in [1.165, 1.54) is 11.0 Å². The van der Waals surface area contributed by atoms with Crippen LogP contribution in [0, 0.1) is 5.82 Å². The van der Waals surface area contributed by atoms with Crippen LogP contribution in [-0.4, -0.2) is 32.9 Å². The minimum atomic E-state index is -0.329. The predicted octanol–water partition coefficient (Wildman–Crippen LogP) is 2.01. The molecule has 0 amide bonds. The first-order valence-electron chi connectivity index (χ1n) is 7.74. The van der Waals surface area contributed by atoms with Gasteiger partial charge in [-0.2, -0.15) is 0 Å². The molecule has 2 rings (SSSR count). The number of halogens is 1. The largest absolute Gasteiger partial charge is 0.497 e. The van der Waals surface area contributed by atoms with Crippen LogP contribution in [0.5, 0.6) is 5.75 Å². The Labute approximate surface area is 147 Å². The van der Waals surface area contributed by atoms with E-state index in [1.807, 2.05) is 18.2 Å². The van der Waals surface area contributed by atoms with Gasteiger partial charge in [0, 0.05) is 5.56 Å². The number of benzene rings is 2. The third-order valence-electron chi connectivity index (χ3n) is 3.78. The molecular formula is C18H23FN3OS+. The highest BCUT2D eigenvalue weighted by Crippen LogP contribution is 2.17. The lowest BCUT2D eigenvalue weighted by Gasteiger charge is -2.23. The molecule has 0 bridgehead atoms. The average Bonchev–Trinajstić information content (AvgIpc) is 2.57. The molecule has 0 unspecified atom stereocenters. The van der Waals surface area contributed by atoms with Crippen molar-refractivity contribution in [3.63, 3.8) is 0 Å². The maximum absolute atomic E-state index is 13.7. The van der Waals surface area contributed by atoms with Crippen molar-refractivity contribution in [2.45, 2.75) is 6.04 Å². The Hall–Kier alpha value is -2.18. The van der Waals surface area contributed by atoms with E-state index in [0.717, 1.165) is 11.3 Å². The van der Waals surface area contributed by atoms with Crippen molar-refractivity contribution in [2.24, 2.45) is 0 Å². The van der Waals surface area contributed by atoms with Crippen LogP contribution in [0.25, 0.3) is 0 Å². The summed E-state index contributed by atoms with van der Waals surface area (Å²) in [7, 11) is 5.82. The van der Waals surface area contributed by atoms with Crippen LogP contribution < -0.4 is 20.3 Å². The van der Waals surface area contributed by atoms with E-state index < -0.39 is 0 Å². The van der Waals surface area contributed by atoms with E-state index in [0.29, 0.717) is 17.3 Å². The van der Waals surface area contributed by atoms with Crippen LogP contribution in [-0.2, 0) is 0 Å². The maximum Gasteiger partial charge on any atom is 0.171 e. The molecule has 0 spiro atoms. The molecule has 0 aliphatic heterocycles. The topological polar surface area (TPSA) is 37.7 Å². The summed E-state index contributed by atoms with van der Waals surface area (Å²) in [4.78, 5) is 1.25. The highest BCUT2D eigenvalue weighted by molar-refractivity contribution is 7.80. The molecule has 3 N–H and O–H groups in total. The normalized spacial score (nSPS) is 11.9. The summed E-state index contributed by atoms with van der Waals surface area (Å²) in [6.07, 6.45) is 0. The van der Waals surface area contributed by atoms with Crippen molar-refractivity contribution in [3.8, 4) is 5.75 Å². The Morgan fingerprint density at radius 1 is 1.21 bits per heavy atom. The van der Waals surface area contributed by atoms with E-state index in [2.05, 4.69) is 30.8 Å². The van der Waals surface area contributed by atoms with Gasteiger partial charge in [0.2, 0.25) is 0 Å². The lowest BCUT2D eigenvalue weighted by molar-refractivity contribution is -0.890. The Bertz CT molecular complexity index is 693. The minimum absolute atomic E-state index is 0.181. The lowest BCUT2D eigenvalue weighted by atomic mass is 10.1. The molecule has 6 heteroatoms. The number of hydrogen-bond acceptors (Lipinski definition) is 2. The second kappa shape index (κ2) is 8.61. The molecule has 0 heterocycles. The molecule has 0 aliphatic rings. The van der Waals surface area contributed by atoms with Crippen LogP contribution in [0.1, 0.15) is 11.6 Å². The van der Waals surface area contributed by atoms with E-state index in [1.54, 1.807) is 25.3 Å². The van der Waals surface area contributed by atoms with Crippen molar-refractivity contribution in [2.75, 3.05) is 33.1 Å². The molecule has 0 radical (unpaired) electrons. The van der Waals surface area contributed by atoms with Gasteiger partial charge in [-0.25, -0.2) is 4.39 Å². The number of quaternary nitrogens is 1. The molecule has 0 aliphatic carbocycles. The van der Waals surface area contributed by atoms with Crippen molar-refractivity contribution >= 4 is 23.0 Å². The summed E-state index contributed by atoms with van der Waals surface area (Å²) in [5, 5.41) is 6.46. The number of para-hydroxylation sites is 1. The molecule has 0 saturated carbocycles. The highest BCUT2D eigenvalue weighted by atomic mass is 32.1. The van der Waals surface area contributed by atoms with Gasteiger partial charge in [-0.3, -0.25) is 0 Å². The molecule has 2 aromatic carbocycles. The van der Waals surface area contributed by atoms with Gasteiger partial charge in [0.15, 0.2) is 5.11 Å². The monoisotopic (exact) mass is 348 g/mol. The number of methoxy groups -OCH3 is 1. The quantitative estimate of drug-likeness (QED) is 0.698. The van der Waals surface area contributed by atoms with Crippen molar-refractivity contribution in [1.82, 2.24) is 5.32 Å². The molecule has 0 saturated heterocycles. The maximum atomic E-state index is 13.7. The lowest BCUT2D eigenvalue weighted by Crippen LogP contribution is -3.07. The number of likely N-dealkylation sites (N-methyl/N-ethyl adjacent to an activating group) is 1. The van der Waals surface area contributed by atoms with Gasteiger partial charge in [-0.05, 0) is 36.5 Å². The van der Waals surface area contributed by atoms with Crippen molar-refractivity contribution in [1.29, 1.82) is 0 Å². The Morgan fingerprint density at radius 2 is 1.96 bits per heavy atom. The van der Waals surface area contributed by atoms with Gasteiger partial charge < -0.3 is 20.3 Å². The Kier molecular flexibility index (Phi) is 6.52. The smallest absolute Gasteiger partial charge is 0.171 e. The zero-order valence-electron chi connectivity index (χ0n) is 14.1. The fourth-order valence-electron chi connectivity index (χ4n) is 2.44. The second-order valence-corrected chi connectivity index (χ2v) is 6.13. The highest BCUT2D eigenvalue weighted by Gasteiger charge is 2.18. The molecule has 24 heavy (non-hydrogen) atoms. The molecule has 128 valence electrons. The summed E-state index contributed by atoms with van der Waals surface area (Å²) in [6, 6.07) is 14.6. The van der Waals surface area contributed by atoms with E-state index in [4.69, 9.17) is 17.0 Å². The summed E-state index contributed by atoms with van der Waals surface area (Å²) in [5.74, 6) is 0.495. The molecule has 0 fully saturated rings. The van der Waals surface area contributed by atoms with E-state index in [9.17, 15) is 4.39 Å². The Morgan fingerprint density at radius 3 is 2.62 bits per heavy atom. The first-order valence-corrected chi connectivity index (χ1v) is 8.15. The molecule has 1 atom stereocenters. The molecule has 4 nitrogen and oxygen atoms in total. The van der Waals surface area contributed by atoms with Crippen LogP contribution in [0.2, 0.25) is 0 Å². The zero-order chi connectivity index (χ0) is 17.5. The number of thiocarbonyl (C=S) groups is 1. The molecule has 2 aromatic rings. The summed E-state index contributed by atoms with van der Waals surface area (Å²) in [6.45, 7) is 0.621. The zero-order valence-corrected chi connectivity index (χ0v) is 14.9. The minimum Gasteiger partial charge on any atom is -0.497 e. The first kappa shape index (κ1) is 18.2. The molecule has 0 aromatic heterocycles. The van der Waals surface area contributed by atoms with Gasteiger partial charge in [0.1, 0.15) is 17.6 Å². The van der Waals surface area contributed by atoms with E-state index >= 15 is 0 Å². The number of nitrogens with one attached hydrogen (secondary N) is 3. The number of anilines is 1. The van der Waals surface area contributed by atoms with Gasteiger partial charge in [-0.1, -0.05) is 24.3 Å².